The summed E-state index contributed by atoms with van der Waals surface area (Å²) in [4.78, 5) is 12.2. The van der Waals surface area contributed by atoms with E-state index in [0.29, 0.717) is 17.8 Å². The van der Waals surface area contributed by atoms with Gasteiger partial charge in [0.25, 0.3) is 0 Å². The van der Waals surface area contributed by atoms with Crippen LogP contribution in [0.15, 0.2) is 23.1 Å². The third-order valence-electron chi connectivity index (χ3n) is 3.57. The van der Waals surface area contributed by atoms with Crippen LogP contribution >= 0.6 is 11.8 Å². The Morgan fingerprint density at radius 1 is 1.43 bits per heavy atom. The number of carbonyl (C=O) groups is 1. The van der Waals surface area contributed by atoms with E-state index >= 15 is 0 Å². The zero-order chi connectivity index (χ0) is 15.6. The summed E-state index contributed by atoms with van der Waals surface area (Å²) in [6.45, 7) is 4.53. The van der Waals surface area contributed by atoms with Crippen molar-refractivity contribution < 1.29 is 9.90 Å². The van der Waals surface area contributed by atoms with E-state index in [4.69, 9.17) is 0 Å². The third-order valence-corrected chi connectivity index (χ3v) is 4.35. The largest absolute Gasteiger partial charge is 0.478 e. The van der Waals surface area contributed by atoms with E-state index < -0.39 is 5.97 Å². The van der Waals surface area contributed by atoms with Crippen LogP contribution in [-0.2, 0) is 13.6 Å². The second-order valence-electron chi connectivity index (χ2n) is 4.81. The van der Waals surface area contributed by atoms with Crippen molar-refractivity contribution >= 4 is 23.4 Å². The summed E-state index contributed by atoms with van der Waals surface area (Å²) in [5, 5.41) is 17.0. The second-order valence-corrected chi connectivity index (χ2v) is 5.66. The fraction of sp³-hybridized carbons (Fsp3) is 0.333. The van der Waals surface area contributed by atoms with Crippen molar-refractivity contribution in [2.24, 2.45) is 7.05 Å². The molecule has 0 radical (unpaired) electrons. The highest BCUT2D eigenvalue weighted by molar-refractivity contribution is 7.98. The molecule has 0 amide bonds. The van der Waals surface area contributed by atoms with Gasteiger partial charge in [0.2, 0.25) is 0 Å². The number of aromatic nitrogens is 2. The van der Waals surface area contributed by atoms with E-state index in [2.05, 4.69) is 10.4 Å². The SMILES string of the molecule is CSc1cccc(NCc2c(C)nn(C)c2C)c1C(=O)O. The van der Waals surface area contributed by atoms with Crippen molar-refractivity contribution in [1.29, 1.82) is 0 Å². The van der Waals surface area contributed by atoms with Gasteiger partial charge in [0.05, 0.1) is 16.9 Å². The summed E-state index contributed by atoms with van der Waals surface area (Å²) in [5.74, 6) is -0.915. The first kappa shape index (κ1) is 15.4. The van der Waals surface area contributed by atoms with Gasteiger partial charge >= 0.3 is 5.97 Å². The Bertz CT molecular complexity index is 680. The normalized spacial score (nSPS) is 10.7. The van der Waals surface area contributed by atoms with Crippen LogP contribution in [-0.4, -0.2) is 27.1 Å². The van der Waals surface area contributed by atoms with E-state index in [-0.39, 0.29) is 0 Å². The van der Waals surface area contributed by atoms with Gasteiger partial charge in [0.1, 0.15) is 0 Å². The minimum absolute atomic E-state index is 0.323. The molecule has 0 saturated heterocycles. The first-order valence-electron chi connectivity index (χ1n) is 6.59. The molecule has 112 valence electrons. The van der Waals surface area contributed by atoms with Crippen LogP contribution in [0.4, 0.5) is 5.69 Å². The molecule has 2 rings (SSSR count). The van der Waals surface area contributed by atoms with Gasteiger partial charge in [-0.1, -0.05) is 6.07 Å². The number of aromatic carboxylic acids is 1. The number of thioether (sulfide) groups is 1. The van der Waals surface area contributed by atoms with E-state index in [1.807, 2.05) is 44.0 Å². The maximum atomic E-state index is 11.5. The van der Waals surface area contributed by atoms with Gasteiger partial charge in [-0.2, -0.15) is 5.10 Å². The molecule has 1 aromatic heterocycles. The van der Waals surface area contributed by atoms with Gasteiger partial charge in [0.15, 0.2) is 0 Å². The van der Waals surface area contributed by atoms with Crippen molar-refractivity contribution in [2.45, 2.75) is 25.3 Å². The highest BCUT2D eigenvalue weighted by Gasteiger charge is 2.16. The van der Waals surface area contributed by atoms with Crippen LogP contribution < -0.4 is 5.32 Å². The van der Waals surface area contributed by atoms with Gasteiger partial charge < -0.3 is 10.4 Å². The third kappa shape index (κ3) is 3.05. The van der Waals surface area contributed by atoms with Gasteiger partial charge in [-0.15, -0.1) is 11.8 Å². The van der Waals surface area contributed by atoms with Crippen molar-refractivity contribution in [3.8, 4) is 0 Å². The number of anilines is 1. The summed E-state index contributed by atoms with van der Waals surface area (Å²) in [5.41, 5.74) is 4.10. The zero-order valence-corrected chi connectivity index (χ0v) is 13.4. The maximum Gasteiger partial charge on any atom is 0.338 e. The van der Waals surface area contributed by atoms with Crippen LogP contribution in [0.5, 0.6) is 0 Å². The minimum Gasteiger partial charge on any atom is -0.478 e. The van der Waals surface area contributed by atoms with Gasteiger partial charge in [0, 0.05) is 29.7 Å². The summed E-state index contributed by atoms with van der Waals surface area (Å²) < 4.78 is 1.84. The first-order valence-corrected chi connectivity index (χ1v) is 7.81. The zero-order valence-electron chi connectivity index (χ0n) is 12.6. The number of benzene rings is 1. The molecular formula is C15H19N3O2S. The predicted molar refractivity (Wildman–Crippen MR) is 85.2 cm³/mol. The van der Waals surface area contributed by atoms with Gasteiger partial charge in [-0.25, -0.2) is 4.79 Å². The van der Waals surface area contributed by atoms with Crippen LogP contribution in [0, 0.1) is 13.8 Å². The van der Waals surface area contributed by atoms with Crippen LogP contribution in [0.1, 0.15) is 27.3 Å². The van der Waals surface area contributed by atoms with E-state index in [1.165, 1.54) is 11.8 Å². The van der Waals surface area contributed by atoms with Gasteiger partial charge in [-0.05, 0) is 32.2 Å². The molecule has 21 heavy (non-hydrogen) atoms. The highest BCUT2D eigenvalue weighted by atomic mass is 32.2. The topological polar surface area (TPSA) is 67.2 Å². The fourth-order valence-corrected chi connectivity index (χ4v) is 2.94. The number of carboxylic acid groups (broad SMARTS) is 1. The smallest absolute Gasteiger partial charge is 0.338 e. The number of hydrogen-bond donors (Lipinski definition) is 2. The number of nitrogens with one attached hydrogen (secondary N) is 1. The molecule has 0 bridgehead atoms. The lowest BCUT2D eigenvalue weighted by molar-refractivity contribution is 0.0694. The molecule has 0 aliphatic rings. The molecule has 0 aliphatic carbocycles. The Hall–Kier alpha value is -1.95. The second kappa shape index (κ2) is 6.22. The number of hydrogen-bond acceptors (Lipinski definition) is 4. The van der Waals surface area contributed by atoms with E-state index in [9.17, 15) is 9.90 Å². The van der Waals surface area contributed by atoms with Crippen molar-refractivity contribution in [3.05, 3.63) is 40.7 Å². The molecule has 0 spiro atoms. The molecule has 1 heterocycles. The molecule has 0 atom stereocenters. The van der Waals surface area contributed by atoms with Crippen LogP contribution in [0.3, 0.4) is 0 Å². The van der Waals surface area contributed by atoms with Crippen molar-refractivity contribution in [3.63, 3.8) is 0 Å². The molecular weight excluding hydrogens is 286 g/mol. The Morgan fingerprint density at radius 2 is 2.14 bits per heavy atom. The molecule has 2 aromatic rings. The van der Waals surface area contributed by atoms with E-state index in [1.54, 1.807) is 6.07 Å². The Labute approximate surface area is 128 Å². The Kier molecular flexibility index (Phi) is 4.57. The maximum absolute atomic E-state index is 11.5. The monoisotopic (exact) mass is 305 g/mol. The fourth-order valence-electron chi connectivity index (χ4n) is 2.33. The molecule has 6 heteroatoms. The van der Waals surface area contributed by atoms with Crippen molar-refractivity contribution in [2.75, 3.05) is 11.6 Å². The Morgan fingerprint density at radius 3 is 2.67 bits per heavy atom. The Balaban J connectivity index is 2.30. The molecule has 2 N–H and O–H groups in total. The summed E-state index contributed by atoms with van der Waals surface area (Å²) in [7, 11) is 1.91. The lowest BCUT2D eigenvalue weighted by atomic mass is 10.1. The van der Waals surface area contributed by atoms with Gasteiger partial charge in [-0.3, -0.25) is 4.68 Å². The summed E-state index contributed by atoms with van der Waals surface area (Å²) >= 11 is 1.43. The highest BCUT2D eigenvalue weighted by Crippen LogP contribution is 2.28. The lowest BCUT2D eigenvalue weighted by Gasteiger charge is -2.12. The number of aryl methyl sites for hydroxylation is 2. The molecule has 1 aromatic carbocycles. The molecule has 0 fully saturated rings. The van der Waals surface area contributed by atoms with Crippen LogP contribution in [0.25, 0.3) is 0 Å². The first-order chi connectivity index (χ1) is 9.95. The molecule has 0 aliphatic heterocycles. The number of rotatable bonds is 5. The lowest BCUT2D eigenvalue weighted by Crippen LogP contribution is -2.08. The summed E-state index contributed by atoms with van der Waals surface area (Å²) in [6, 6.07) is 5.48. The van der Waals surface area contributed by atoms with Crippen LogP contribution in [0.2, 0.25) is 0 Å². The molecule has 0 saturated carbocycles. The quantitative estimate of drug-likeness (QED) is 0.831. The van der Waals surface area contributed by atoms with Crippen molar-refractivity contribution in [1.82, 2.24) is 9.78 Å². The average Bonchev–Trinajstić information content (AvgIpc) is 2.69. The predicted octanol–water partition coefficient (Wildman–Crippen LogP) is 3.07. The molecule has 5 nitrogen and oxygen atoms in total. The average molecular weight is 305 g/mol. The standard InChI is InChI=1S/C15H19N3O2S/c1-9-11(10(2)18(3)17-9)8-16-12-6-5-7-13(21-4)14(12)15(19)20/h5-7,16H,8H2,1-4H3,(H,19,20). The number of nitrogens with zero attached hydrogens (tertiary/aromatic N) is 2. The summed E-state index contributed by atoms with van der Waals surface area (Å²) in [6.07, 6.45) is 1.88. The molecule has 0 unspecified atom stereocenters. The minimum atomic E-state index is -0.915. The number of carboxylic acids is 1. The van der Waals surface area contributed by atoms with E-state index in [0.717, 1.165) is 21.8 Å².